The lowest BCUT2D eigenvalue weighted by Gasteiger charge is -2.29. The van der Waals surface area contributed by atoms with Crippen molar-refractivity contribution in [2.75, 3.05) is 7.05 Å². The number of hydrogen-bond acceptors (Lipinski definition) is 4. The van der Waals surface area contributed by atoms with E-state index in [4.69, 9.17) is 4.42 Å². The smallest absolute Gasteiger partial charge is 0.237 e. The first-order valence-electron chi connectivity index (χ1n) is 7.79. The predicted molar refractivity (Wildman–Crippen MR) is 82.1 cm³/mol. The maximum absolute atomic E-state index is 6.05. The molecule has 0 bridgehead atoms. The summed E-state index contributed by atoms with van der Waals surface area (Å²) in [6.07, 6.45) is 6.11. The number of aromatic nitrogens is 2. The largest absolute Gasteiger partial charge is 0.423 e. The Balaban J connectivity index is 1.86. The normalized spacial score (nSPS) is 19.3. The van der Waals surface area contributed by atoms with Crippen LogP contribution in [0.1, 0.15) is 62.4 Å². The molecule has 1 unspecified atom stereocenters. The van der Waals surface area contributed by atoms with E-state index in [1.54, 1.807) is 0 Å². The van der Waals surface area contributed by atoms with Crippen molar-refractivity contribution in [2.45, 2.75) is 50.5 Å². The molecule has 4 heteroatoms. The van der Waals surface area contributed by atoms with Crippen molar-refractivity contribution in [3.8, 4) is 0 Å². The molecule has 1 heterocycles. The van der Waals surface area contributed by atoms with Gasteiger partial charge in [0.05, 0.1) is 0 Å². The molecule has 2 aromatic rings. The van der Waals surface area contributed by atoms with Gasteiger partial charge in [-0.3, -0.25) is 0 Å². The van der Waals surface area contributed by atoms with Gasteiger partial charge >= 0.3 is 0 Å². The molecular formula is C17H23N3O. The summed E-state index contributed by atoms with van der Waals surface area (Å²) >= 11 is 0. The molecule has 0 spiro atoms. The zero-order valence-corrected chi connectivity index (χ0v) is 12.8. The van der Waals surface area contributed by atoms with E-state index in [1.807, 2.05) is 25.2 Å². The van der Waals surface area contributed by atoms with Crippen LogP contribution in [0.4, 0.5) is 0 Å². The SMILES string of the molecule is CNC(c1ccccc1)c1nnc(C2(C)CCCCC2)o1. The van der Waals surface area contributed by atoms with Crippen LogP contribution in [0.15, 0.2) is 34.7 Å². The first-order chi connectivity index (χ1) is 10.2. The molecule has 0 saturated heterocycles. The van der Waals surface area contributed by atoms with Crippen LogP contribution in [0.3, 0.4) is 0 Å². The zero-order chi connectivity index (χ0) is 14.7. The van der Waals surface area contributed by atoms with Crippen molar-refractivity contribution in [2.24, 2.45) is 0 Å². The summed E-state index contributed by atoms with van der Waals surface area (Å²) in [5, 5.41) is 11.9. The van der Waals surface area contributed by atoms with E-state index in [0.717, 1.165) is 24.3 Å². The second kappa shape index (κ2) is 5.98. The van der Waals surface area contributed by atoms with Crippen molar-refractivity contribution < 1.29 is 4.42 Å². The van der Waals surface area contributed by atoms with Gasteiger partial charge in [-0.25, -0.2) is 0 Å². The summed E-state index contributed by atoms with van der Waals surface area (Å²) in [5.74, 6) is 1.46. The fourth-order valence-corrected chi connectivity index (χ4v) is 3.22. The summed E-state index contributed by atoms with van der Waals surface area (Å²) in [6, 6.07) is 10.2. The third-order valence-corrected chi connectivity index (χ3v) is 4.58. The van der Waals surface area contributed by atoms with Crippen molar-refractivity contribution in [3.05, 3.63) is 47.7 Å². The molecule has 1 N–H and O–H groups in total. The quantitative estimate of drug-likeness (QED) is 0.932. The average molecular weight is 285 g/mol. The van der Waals surface area contributed by atoms with Crippen molar-refractivity contribution in [1.29, 1.82) is 0 Å². The summed E-state index contributed by atoms with van der Waals surface area (Å²) in [7, 11) is 1.92. The molecule has 1 aromatic carbocycles. The predicted octanol–water partition coefficient (Wildman–Crippen LogP) is 3.60. The Morgan fingerprint density at radius 2 is 1.81 bits per heavy atom. The van der Waals surface area contributed by atoms with E-state index in [-0.39, 0.29) is 11.5 Å². The van der Waals surface area contributed by atoms with Crippen molar-refractivity contribution >= 4 is 0 Å². The molecule has 0 amide bonds. The summed E-state index contributed by atoms with van der Waals surface area (Å²) in [5.41, 5.74) is 1.20. The lowest BCUT2D eigenvalue weighted by Crippen LogP contribution is -2.25. The molecule has 1 atom stereocenters. The van der Waals surface area contributed by atoms with Crippen molar-refractivity contribution in [3.63, 3.8) is 0 Å². The van der Waals surface area contributed by atoms with Crippen LogP contribution in [0.25, 0.3) is 0 Å². The van der Waals surface area contributed by atoms with Gasteiger partial charge in [-0.05, 0) is 25.5 Å². The van der Waals surface area contributed by atoms with E-state index >= 15 is 0 Å². The minimum absolute atomic E-state index is 0.0420. The number of rotatable bonds is 4. The van der Waals surface area contributed by atoms with E-state index in [2.05, 4.69) is 34.6 Å². The lowest BCUT2D eigenvalue weighted by molar-refractivity contribution is 0.249. The number of nitrogens with zero attached hydrogens (tertiary/aromatic N) is 2. The van der Waals surface area contributed by atoms with Gasteiger partial charge in [-0.2, -0.15) is 0 Å². The van der Waals surface area contributed by atoms with Gasteiger partial charge in [0.25, 0.3) is 0 Å². The van der Waals surface area contributed by atoms with E-state index in [0.29, 0.717) is 5.89 Å². The molecule has 0 radical (unpaired) electrons. The Morgan fingerprint density at radius 1 is 1.10 bits per heavy atom. The maximum Gasteiger partial charge on any atom is 0.237 e. The van der Waals surface area contributed by atoms with Gasteiger partial charge in [0.2, 0.25) is 11.8 Å². The highest BCUT2D eigenvalue weighted by atomic mass is 16.4. The third-order valence-electron chi connectivity index (χ3n) is 4.58. The van der Waals surface area contributed by atoms with E-state index in [1.165, 1.54) is 19.3 Å². The molecule has 21 heavy (non-hydrogen) atoms. The highest BCUT2D eigenvalue weighted by Crippen LogP contribution is 2.38. The van der Waals surface area contributed by atoms with Gasteiger partial charge in [-0.15, -0.1) is 10.2 Å². The molecule has 1 aliphatic rings. The number of hydrogen-bond donors (Lipinski definition) is 1. The van der Waals surface area contributed by atoms with Gasteiger partial charge in [0.1, 0.15) is 6.04 Å². The average Bonchev–Trinajstić information content (AvgIpc) is 3.00. The molecule has 1 aliphatic carbocycles. The van der Waals surface area contributed by atoms with Crippen LogP contribution in [0.2, 0.25) is 0 Å². The zero-order valence-electron chi connectivity index (χ0n) is 12.8. The second-order valence-corrected chi connectivity index (χ2v) is 6.20. The Labute approximate surface area is 126 Å². The summed E-state index contributed by atoms with van der Waals surface area (Å²) in [4.78, 5) is 0. The van der Waals surface area contributed by atoms with Gasteiger partial charge < -0.3 is 9.73 Å². The molecule has 1 aromatic heterocycles. The Bertz CT molecular complexity index is 573. The van der Waals surface area contributed by atoms with Crippen LogP contribution in [-0.4, -0.2) is 17.2 Å². The number of benzene rings is 1. The van der Waals surface area contributed by atoms with Crippen LogP contribution >= 0.6 is 0 Å². The van der Waals surface area contributed by atoms with Gasteiger partial charge in [0, 0.05) is 5.41 Å². The van der Waals surface area contributed by atoms with Gasteiger partial charge in [0.15, 0.2) is 0 Å². The Hall–Kier alpha value is -1.68. The highest BCUT2D eigenvalue weighted by molar-refractivity contribution is 5.23. The molecule has 3 rings (SSSR count). The molecule has 112 valence electrons. The highest BCUT2D eigenvalue weighted by Gasteiger charge is 2.35. The minimum Gasteiger partial charge on any atom is -0.423 e. The van der Waals surface area contributed by atoms with E-state index in [9.17, 15) is 0 Å². The summed E-state index contributed by atoms with van der Waals surface area (Å²) < 4.78 is 6.05. The maximum atomic E-state index is 6.05. The molecular weight excluding hydrogens is 262 g/mol. The Kier molecular flexibility index (Phi) is 4.06. The first kappa shape index (κ1) is 14.3. The molecule has 1 saturated carbocycles. The fourth-order valence-electron chi connectivity index (χ4n) is 3.22. The Morgan fingerprint density at radius 3 is 2.48 bits per heavy atom. The molecule has 1 fully saturated rings. The molecule has 0 aliphatic heterocycles. The number of nitrogens with one attached hydrogen (secondary N) is 1. The molecule has 4 nitrogen and oxygen atoms in total. The van der Waals surface area contributed by atoms with Crippen molar-refractivity contribution in [1.82, 2.24) is 15.5 Å². The first-order valence-corrected chi connectivity index (χ1v) is 7.79. The third kappa shape index (κ3) is 2.86. The monoisotopic (exact) mass is 285 g/mol. The van der Waals surface area contributed by atoms with Gasteiger partial charge in [-0.1, -0.05) is 56.5 Å². The van der Waals surface area contributed by atoms with Crippen LogP contribution in [-0.2, 0) is 5.41 Å². The van der Waals surface area contributed by atoms with Crippen LogP contribution < -0.4 is 5.32 Å². The standard InChI is InChI=1S/C17H23N3O/c1-17(11-7-4-8-12-17)16-20-19-15(21-16)14(18-2)13-9-5-3-6-10-13/h3,5-6,9-10,14,18H,4,7-8,11-12H2,1-2H3. The fraction of sp³-hybridized carbons (Fsp3) is 0.529. The minimum atomic E-state index is -0.0420. The van der Waals surface area contributed by atoms with E-state index < -0.39 is 0 Å². The van der Waals surface area contributed by atoms with Crippen LogP contribution in [0, 0.1) is 0 Å². The summed E-state index contributed by atoms with van der Waals surface area (Å²) in [6.45, 7) is 2.25. The lowest BCUT2D eigenvalue weighted by atomic mass is 9.76. The van der Waals surface area contributed by atoms with Crippen LogP contribution in [0.5, 0.6) is 0 Å². The second-order valence-electron chi connectivity index (χ2n) is 6.20. The topological polar surface area (TPSA) is 51.0 Å².